The highest BCUT2D eigenvalue weighted by molar-refractivity contribution is 7.90. The molecule has 12 heteroatoms. The van der Waals surface area contributed by atoms with E-state index in [4.69, 9.17) is 4.74 Å². The molecule has 2 aromatic carbocycles. The lowest BCUT2D eigenvalue weighted by Gasteiger charge is -2.39. The van der Waals surface area contributed by atoms with Crippen LogP contribution in [0.15, 0.2) is 47.5 Å². The van der Waals surface area contributed by atoms with Crippen LogP contribution in [0.5, 0.6) is 6.01 Å². The number of sulfone groups is 1. The molecule has 1 N–H and O–H groups in total. The van der Waals surface area contributed by atoms with Crippen molar-refractivity contribution in [1.82, 2.24) is 29.5 Å². The van der Waals surface area contributed by atoms with Crippen LogP contribution >= 0.6 is 0 Å². The van der Waals surface area contributed by atoms with Crippen molar-refractivity contribution in [2.24, 2.45) is 14.1 Å². The summed E-state index contributed by atoms with van der Waals surface area (Å²) in [5, 5.41) is 7.15. The number of hydrogen-bond donors (Lipinski definition) is 1. The second kappa shape index (κ2) is 10.7. The standard InChI is InChI=1S/C29H34N6O5S/c1-17-14-20(15-23-25(17)31-29(40-5)33(23)3)27(37)35-13-12-22(21(16-35)19-10-8-7-9-11-19)30-26(36)24-18(2)32-34(4)28(24)41(6,38)39/h7-11,14-15,21-22H,12-13,16H2,1-6H3,(H,30,36)/t21-,22-/m1/s1. The van der Waals surface area contributed by atoms with E-state index in [1.165, 1.54) is 11.7 Å². The van der Waals surface area contributed by atoms with Crippen molar-refractivity contribution in [3.8, 4) is 6.01 Å². The first kappa shape index (κ1) is 28.3. The molecule has 5 rings (SSSR count). The molecule has 2 aromatic heterocycles. The van der Waals surface area contributed by atoms with Crippen molar-refractivity contribution in [3.63, 3.8) is 0 Å². The van der Waals surface area contributed by atoms with Crippen LogP contribution in [-0.4, -0.2) is 77.0 Å². The fourth-order valence-corrected chi connectivity index (χ4v) is 6.97. The van der Waals surface area contributed by atoms with E-state index in [2.05, 4.69) is 15.4 Å². The predicted molar refractivity (Wildman–Crippen MR) is 154 cm³/mol. The minimum absolute atomic E-state index is 0.0516. The molecule has 1 saturated heterocycles. The number of benzene rings is 2. The summed E-state index contributed by atoms with van der Waals surface area (Å²) in [5.74, 6) is -0.811. The average molecular weight is 579 g/mol. The van der Waals surface area contributed by atoms with Gasteiger partial charge in [-0.2, -0.15) is 10.1 Å². The lowest BCUT2D eigenvalue weighted by molar-refractivity contribution is 0.0671. The number of nitrogens with zero attached hydrogens (tertiary/aromatic N) is 5. The van der Waals surface area contributed by atoms with E-state index in [0.29, 0.717) is 36.8 Å². The Hall–Kier alpha value is -4.19. The smallest absolute Gasteiger partial charge is 0.296 e. The lowest BCUT2D eigenvalue weighted by Crippen LogP contribution is -2.51. The van der Waals surface area contributed by atoms with Crippen LogP contribution in [0.3, 0.4) is 0 Å². The molecule has 0 spiro atoms. The van der Waals surface area contributed by atoms with Gasteiger partial charge in [0.25, 0.3) is 17.8 Å². The van der Waals surface area contributed by atoms with Crippen LogP contribution in [0.2, 0.25) is 0 Å². The highest BCUT2D eigenvalue weighted by atomic mass is 32.2. The van der Waals surface area contributed by atoms with Gasteiger partial charge < -0.3 is 15.0 Å². The van der Waals surface area contributed by atoms with Crippen molar-refractivity contribution in [2.75, 3.05) is 26.5 Å². The molecule has 41 heavy (non-hydrogen) atoms. The van der Waals surface area contributed by atoms with Crippen molar-refractivity contribution in [1.29, 1.82) is 0 Å². The number of hydrogen-bond acceptors (Lipinski definition) is 7. The molecule has 0 aliphatic carbocycles. The van der Waals surface area contributed by atoms with E-state index in [9.17, 15) is 18.0 Å². The van der Waals surface area contributed by atoms with Crippen molar-refractivity contribution < 1.29 is 22.7 Å². The number of carbonyl (C=O) groups is 2. The number of ether oxygens (including phenoxy) is 1. The van der Waals surface area contributed by atoms with Crippen molar-refractivity contribution in [3.05, 3.63) is 70.4 Å². The monoisotopic (exact) mass is 578 g/mol. The van der Waals surface area contributed by atoms with Crippen LogP contribution in [0, 0.1) is 13.8 Å². The number of amides is 2. The number of piperidine rings is 1. The third kappa shape index (κ3) is 5.19. The van der Waals surface area contributed by atoms with E-state index < -0.39 is 15.7 Å². The van der Waals surface area contributed by atoms with Crippen LogP contribution in [0.4, 0.5) is 0 Å². The molecule has 1 aliphatic rings. The summed E-state index contributed by atoms with van der Waals surface area (Å²) >= 11 is 0. The summed E-state index contributed by atoms with van der Waals surface area (Å²) < 4.78 is 33.3. The third-order valence-corrected chi connectivity index (χ3v) is 8.93. The fraction of sp³-hybridized carbons (Fsp3) is 0.379. The summed E-state index contributed by atoms with van der Waals surface area (Å²) in [5.41, 5.74) is 4.38. The maximum Gasteiger partial charge on any atom is 0.296 e. The number of likely N-dealkylation sites (tertiary alicyclic amines) is 1. The first-order chi connectivity index (χ1) is 19.4. The summed E-state index contributed by atoms with van der Waals surface area (Å²) in [6, 6.07) is 13.6. The Morgan fingerprint density at radius 2 is 1.80 bits per heavy atom. The van der Waals surface area contributed by atoms with Gasteiger partial charge in [0.1, 0.15) is 0 Å². The van der Waals surface area contributed by atoms with E-state index in [1.807, 2.05) is 65.9 Å². The van der Waals surface area contributed by atoms with Gasteiger partial charge in [-0.15, -0.1) is 0 Å². The van der Waals surface area contributed by atoms with Crippen LogP contribution in [0.25, 0.3) is 11.0 Å². The molecule has 0 bridgehead atoms. The molecule has 216 valence electrons. The lowest BCUT2D eigenvalue weighted by atomic mass is 9.85. The molecule has 0 saturated carbocycles. The Morgan fingerprint density at radius 3 is 2.46 bits per heavy atom. The van der Waals surface area contributed by atoms with Crippen LogP contribution in [-0.2, 0) is 23.9 Å². The Bertz CT molecular complexity index is 1760. The van der Waals surface area contributed by atoms with Gasteiger partial charge in [0.2, 0.25) is 0 Å². The van der Waals surface area contributed by atoms with Gasteiger partial charge in [-0.3, -0.25) is 18.8 Å². The Labute approximate surface area is 239 Å². The molecule has 2 atom stereocenters. The number of imidazole rings is 1. The van der Waals surface area contributed by atoms with E-state index >= 15 is 0 Å². The largest absolute Gasteiger partial charge is 0.468 e. The normalized spacial score (nSPS) is 17.6. The molecule has 0 radical (unpaired) electrons. The minimum Gasteiger partial charge on any atom is -0.468 e. The Kier molecular flexibility index (Phi) is 7.37. The molecular formula is C29H34N6O5S. The Morgan fingerprint density at radius 1 is 1.10 bits per heavy atom. The summed E-state index contributed by atoms with van der Waals surface area (Å²) in [4.78, 5) is 33.7. The second-order valence-electron chi connectivity index (χ2n) is 10.6. The maximum absolute atomic E-state index is 13.8. The molecule has 11 nitrogen and oxygen atoms in total. The van der Waals surface area contributed by atoms with Gasteiger partial charge >= 0.3 is 0 Å². The quantitative estimate of drug-likeness (QED) is 0.373. The maximum atomic E-state index is 13.8. The van der Waals surface area contributed by atoms with E-state index in [1.54, 1.807) is 14.0 Å². The van der Waals surface area contributed by atoms with Crippen molar-refractivity contribution >= 4 is 32.7 Å². The number of rotatable bonds is 6. The Balaban J connectivity index is 1.44. The summed E-state index contributed by atoms with van der Waals surface area (Å²) in [6.07, 6.45) is 1.56. The molecule has 0 unspecified atom stereocenters. The molecule has 1 fully saturated rings. The zero-order valence-corrected chi connectivity index (χ0v) is 24.8. The van der Waals surface area contributed by atoms with Crippen LogP contribution in [0.1, 0.15) is 49.9 Å². The van der Waals surface area contributed by atoms with Gasteiger partial charge in [0.15, 0.2) is 14.9 Å². The van der Waals surface area contributed by atoms with E-state index in [-0.39, 0.29) is 28.5 Å². The first-order valence-electron chi connectivity index (χ1n) is 13.3. The number of carbonyl (C=O) groups excluding carboxylic acids is 2. The number of aryl methyl sites for hydroxylation is 4. The van der Waals surface area contributed by atoms with Crippen LogP contribution < -0.4 is 10.1 Å². The van der Waals surface area contributed by atoms with Gasteiger partial charge in [0.05, 0.1) is 29.4 Å². The first-order valence-corrected chi connectivity index (χ1v) is 15.2. The second-order valence-corrected chi connectivity index (χ2v) is 12.5. The summed E-state index contributed by atoms with van der Waals surface area (Å²) in [6.45, 7) is 4.34. The average Bonchev–Trinajstić information content (AvgIpc) is 3.43. The predicted octanol–water partition coefficient (Wildman–Crippen LogP) is 2.76. The van der Waals surface area contributed by atoms with Crippen molar-refractivity contribution in [2.45, 2.75) is 37.3 Å². The van der Waals surface area contributed by atoms with Gasteiger partial charge in [-0.05, 0) is 43.5 Å². The van der Waals surface area contributed by atoms with Gasteiger partial charge in [0, 0.05) is 51.0 Å². The molecule has 1 aliphatic heterocycles. The molecule has 3 heterocycles. The highest BCUT2D eigenvalue weighted by Gasteiger charge is 2.36. The molecular weight excluding hydrogens is 544 g/mol. The number of fused-ring (bicyclic) bond motifs is 1. The zero-order chi connectivity index (χ0) is 29.6. The molecule has 2 amide bonds. The molecule has 4 aromatic rings. The number of methoxy groups -OCH3 is 1. The number of nitrogens with one attached hydrogen (secondary N) is 1. The fourth-order valence-electron chi connectivity index (χ4n) is 5.84. The zero-order valence-electron chi connectivity index (χ0n) is 24.0. The van der Waals surface area contributed by atoms with Gasteiger partial charge in [-0.25, -0.2) is 8.42 Å². The summed E-state index contributed by atoms with van der Waals surface area (Å²) in [7, 11) is 1.23. The van der Waals surface area contributed by atoms with Gasteiger partial charge in [-0.1, -0.05) is 30.3 Å². The minimum atomic E-state index is -3.70. The van der Waals surface area contributed by atoms with E-state index in [0.717, 1.165) is 28.4 Å². The highest BCUT2D eigenvalue weighted by Crippen LogP contribution is 2.31. The SMILES string of the molecule is COc1nc2c(C)cc(C(=O)N3CC[C@@H](NC(=O)c4c(C)nn(C)c4S(C)(=O)=O)[C@@H](c4ccccc4)C3)cc2n1C. The topological polar surface area (TPSA) is 128 Å². The number of aromatic nitrogens is 4. The third-order valence-electron chi connectivity index (χ3n) is 7.76.